The Labute approximate surface area is 198 Å². The van der Waals surface area contributed by atoms with Crippen LogP contribution < -0.4 is 16.0 Å². The number of hydrogen-bond acceptors (Lipinski definition) is 5. The Balaban J connectivity index is 1.62. The van der Waals surface area contributed by atoms with Gasteiger partial charge in [-0.1, -0.05) is 30.8 Å². The monoisotopic (exact) mass is 481 g/mol. The molecule has 2 heterocycles. The van der Waals surface area contributed by atoms with E-state index < -0.39 is 11.7 Å². The van der Waals surface area contributed by atoms with Gasteiger partial charge in [0.25, 0.3) is 0 Å². The Hall–Kier alpha value is -4.18. The van der Waals surface area contributed by atoms with E-state index in [1.165, 1.54) is 23.6 Å². The van der Waals surface area contributed by atoms with Gasteiger partial charge >= 0.3 is 6.18 Å². The quantitative estimate of drug-likeness (QED) is 0.322. The van der Waals surface area contributed by atoms with E-state index >= 15 is 0 Å². The molecule has 0 fully saturated rings. The lowest BCUT2D eigenvalue weighted by molar-refractivity contribution is -0.137. The van der Waals surface area contributed by atoms with Gasteiger partial charge in [-0.05, 0) is 48.6 Å². The van der Waals surface area contributed by atoms with Crippen molar-refractivity contribution in [1.29, 1.82) is 0 Å². The number of nitrogens with zero attached hydrogens (tertiary/aromatic N) is 3. The van der Waals surface area contributed by atoms with Crippen LogP contribution in [-0.2, 0) is 6.18 Å². The molecule has 3 N–H and O–H groups in total. The molecule has 10 heteroatoms. The summed E-state index contributed by atoms with van der Waals surface area (Å²) in [4.78, 5) is 9.83. The van der Waals surface area contributed by atoms with Gasteiger partial charge in [0, 0.05) is 23.0 Å². The molecule has 0 amide bonds. The zero-order chi connectivity index (χ0) is 24.3. The second-order valence-electron chi connectivity index (χ2n) is 7.12. The lowest BCUT2D eigenvalue weighted by Crippen LogP contribution is -2.31. The third-order valence-corrected chi connectivity index (χ3v) is 5.15. The minimum Gasteiger partial charge on any atom is -0.444 e. The highest BCUT2D eigenvalue weighted by Gasteiger charge is 2.30. The second-order valence-corrected chi connectivity index (χ2v) is 7.50. The highest BCUT2D eigenvalue weighted by molar-refractivity contribution is 7.80. The zero-order valence-electron chi connectivity index (χ0n) is 17.6. The maximum atomic E-state index is 13.1. The van der Waals surface area contributed by atoms with Crippen LogP contribution in [0.25, 0.3) is 22.6 Å². The van der Waals surface area contributed by atoms with Crippen LogP contribution in [0, 0.1) is 0 Å². The summed E-state index contributed by atoms with van der Waals surface area (Å²) >= 11 is 5.53. The van der Waals surface area contributed by atoms with Crippen LogP contribution >= 0.6 is 12.2 Å². The van der Waals surface area contributed by atoms with Crippen LogP contribution in [0.3, 0.4) is 0 Å². The number of halogens is 3. The normalized spacial score (nSPS) is 11.1. The third kappa shape index (κ3) is 4.91. The SMILES string of the molecule is C=CN(C(=S)Nc1cccc(-c2cnco2)c1)c1nc(-c2cccc(C(F)(F)F)c2)ccc1N. The molecule has 2 aromatic heterocycles. The largest absolute Gasteiger partial charge is 0.444 e. The average Bonchev–Trinajstić information content (AvgIpc) is 3.36. The molecule has 2 aromatic carbocycles. The highest BCUT2D eigenvalue weighted by atomic mass is 32.1. The number of thiocarbonyl (C=S) groups is 1. The average molecular weight is 482 g/mol. The number of hydrogen-bond donors (Lipinski definition) is 2. The van der Waals surface area contributed by atoms with E-state index in [-0.39, 0.29) is 16.6 Å². The van der Waals surface area contributed by atoms with Crippen molar-refractivity contribution in [3.8, 4) is 22.6 Å². The van der Waals surface area contributed by atoms with Crippen LogP contribution in [-0.4, -0.2) is 15.1 Å². The molecule has 0 spiro atoms. The van der Waals surface area contributed by atoms with Gasteiger partial charge in [0.05, 0.1) is 23.1 Å². The van der Waals surface area contributed by atoms with Gasteiger partial charge in [0.1, 0.15) is 0 Å². The van der Waals surface area contributed by atoms with E-state index in [2.05, 4.69) is 21.9 Å². The third-order valence-electron chi connectivity index (χ3n) is 4.85. The molecule has 4 aromatic rings. The molecule has 34 heavy (non-hydrogen) atoms. The van der Waals surface area contributed by atoms with Gasteiger partial charge in [-0.25, -0.2) is 9.97 Å². The summed E-state index contributed by atoms with van der Waals surface area (Å²) in [5.74, 6) is 0.823. The molecule has 0 saturated heterocycles. The first-order chi connectivity index (χ1) is 16.3. The predicted molar refractivity (Wildman–Crippen MR) is 130 cm³/mol. The van der Waals surface area contributed by atoms with Crippen molar-refractivity contribution in [1.82, 2.24) is 9.97 Å². The van der Waals surface area contributed by atoms with Crippen LogP contribution in [0.4, 0.5) is 30.4 Å². The van der Waals surface area contributed by atoms with Crippen molar-refractivity contribution in [2.45, 2.75) is 6.18 Å². The Morgan fingerprint density at radius 3 is 2.56 bits per heavy atom. The van der Waals surface area contributed by atoms with Gasteiger partial charge in [-0.15, -0.1) is 0 Å². The first-order valence-electron chi connectivity index (χ1n) is 9.92. The van der Waals surface area contributed by atoms with E-state index in [1.807, 2.05) is 24.3 Å². The molecule has 0 bridgehead atoms. The van der Waals surface area contributed by atoms with Crippen LogP contribution in [0.5, 0.6) is 0 Å². The molecule has 0 saturated carbocycles. The molecule has 0 unspecified atom stereocenters. The Morgan fingerprint density at radius 2 is 1.85 bits per heavy atom. The number of anilines is 3. The van der Waals surface area contributed by atoms with E-state index in [0.717, 1.165) is 17.7 Å². The predicted octanol–water partition coefficient (Wildman–Crippen LogP) is 6.35. The molecular weight excluding hydrogens is 463 g/mol. The first kappa shape index (κ1) is 23.0. The fourth-order valence-corrected chi connectivity index (χ4v) is 3.50. The smallest absolute Gasteiger partial charge is 0.416 e. The lowest BCUT2D eigenvalue weighted by atomic mass is 10.1. The van der Waals surface area contributed by atoms with Crippen LogP contribution in [0.2, 0.25) is 0 Å². The Kier molecular flexibility index (Phi) is 6.33. The molecule has 0 atom stereocenters. The van der Waals surface area contributed by atoms with Crippen LogP contribution in [0.15, 0.2) is 90.5 Å². The van der Waals surface area contributed by atoms with Gasteiger partial charge < -0.3 is 15.5 Å². The topological polar surface area (TPSA) is 80.2 Å². The Morgan fingerprint density at radius 1 is 1.09 bits per heavy atom. The first-order valence-corrected chi connectivity index (χ1v) is 10.3. The molecule has 0 aliphatic heterocycles. The maximum absolute atomic E-state index is 13.1. The molecule has 0 aliphatic carbocycles. The van der Waals surface area contributed by atoms with Crippen molar-refractivity contribution in [3.05, 3.63) is 91.6 Å². The van der Waals surface area contributed by atoms with E-state index in [1.54, 1.807) is 24.4 Å². The summed E-state index contributed by atoms with van der Waals surface area (Å²) in [7, 11) is 0. The summed E-state index contributed by atoms with van der Waals surface area (Å²) in [5.41, 5.74) is 7.68. The summed E-state index contributed by atoms with van der Waals surface area (Å²) in [5, 5.41) is 3.30. The number of rotatable bonds is 5. The van der Waals surface area contributed by atoms with Crippen molar-refractivity contribution < 1.29 is 17.6 Å². The van der Waals surface area contributed by atoms with Crippen molar-refractivity contribution in [2.75, 3.05) is 16.0 Å². The number of nitrogens with two attached hydrogens (primary N) is 1. The number of nitrogen functional groups attached to an aromatic ring is 1. The van der Waals surface area contributed by atoms with E-state index in [9.17, 15) is 13.2 Å². The molecule has 4 rings (SSSR count). The number of pyridine rings is 1. The van der Waals surface area contributed by atoms with Crippen molar-refractivity contribution in [3.63, 3.8) is 0 Å². The molecule has 0 radical (unpaired) electrons. The number of alkyl halides is 3. The fourth-order valence-electron chi connectivity index (χ4n) is 3.23. The number of benzene rings is 2. The molecule has 0 aliphatic rings. The van der Waals surface area contributed by atoms with E-state index in [0.29, 0.717) is 22.7 Å². The number of oxazole rings is 1. The summed E-state index contributed by atoms with van der Waals surface area (Å²) < 4.78 is 44.8. The van der Waals surface area contributed by atoms with Gasteiger partial charge in [0.15, 0.2) is 23.1 Å². The molecule has 6 nitrogen and oxygen atoms in total. The minimum atomic E-state index is -4.47. The minimum absolute atomic E-state index is 0.213. The van der Waals surface area contributed by atoms with Gasteiger partial charge in [-0.3, -0.25) is 4.90 Å². The standard InChI is InChI=1S/C24H18F3N5OS/c1-2-32(23(34)30-18-8-4-6-16(12-18)21-13-29-14-33-21)22-19(28)9-10-20(31-22)15-5-3-7-17(11-15)24(25,26)27/h2-14H,1,28H2,(H,30,34). The lowest BCUT2D eigenvalue weighted by Gasteiger charge is -2.23. The molecular formula is C24H18F3N5OS. The van der Waals surface area contributed by atoms with E-state index in [4.69, 9.17) is 22.4 Å². The van der Waals surface area contributed by atoms with Gasteiger partial charge in [0.2, 0.25) is 0 Å². The Bertz CT molecular complexity index is 1340. The summed E-state index contributed by atoms with van der Waals surface area (Å²) in [6, 6.07) is 15.3. The summed E-state index contributed by atoms with van der Waals surface area (Å²) in [6.45, 7) is 3.78. The van der Waals surface area contributed by atoms with Crippen LogP contribution in [0.1, 0.15) is 5.56 Å². The second kappa shape index (κ2) is 9.36. The van der Waals surface area contributed by atoms with Gasteiger partial charge in [-0.2, -0.15) is 13.2 Å². The summed E-state index contributed by atoms with van der Waals surface area (Å²) in [6.07, 6.45) is -0.113. The zero-order valence-corrected chi connectivity index (χ0v) is 18.4. The number of aromatic nitrogens is 2. The maximum Gasteiger partial charge on any atom is 0.416 e. The van der Waals surface area contributed by atoms with Crippen molar-refractivity contribution >= 4 is 34.5 Å². The molecule has 172 valence electrons. The fraction of sp³-hybridized carbons (Fsp3) is 0.0417. The van der Waals surface area contributed by atoms with Crippen molar-refractivity contribution in [2.24, 2.45) is 0 Å². The number of nitrogens with one attached hydrogen (secondary N) is 1. The highest BCUT2D eigenvalue weighted by Crippen LogP contribution is 2.33.